The van der Waals surface area contributed by atoms with Gasteiger partial charge in [-0.25, -0.2) is 0 Å². The number of hydrogen-bond acceptors (Lipinski definition) is 5. The third-order valence-electron chi connectivity index (χ3n) is 6.13. The summed E-state index contributed by atoms with van der Waals surface area (Å²) in [5.41, 5.74) is 4.36. The fourth-order valence-corrected chi connectivity index (χ4v) is 4.37. The summed E-state index contributed by atoms with van der Waals surface area (Å²) in [5.74, 6) is 0.0376. The molecule has 6 heteroatoms. The number of aromatic nitrogens is 2. The van der Waals surface area contributed by atoms with E-state index in [-0.39, 0.29) is 11.9 Å². The lowest BCUT2D eigenvalue weighted by Gasteiger charge is -2.33. The molecule has 0 unspecified atom stereocenters. The molecule has 1 aliphatic rings. The van der Waals surface area contributed by atoms with Gasteiger partial charge in [0.25, 0.3) is 5.91 Å². The van der Waals surface area contributed by atoms with Crippen molar-refractivity contribution in [2.24, 2.45) is 0 Å². The molecule has 2 aromatic carbocycles. The molecule has 6 nitrogen and oxygen atoms in total. The van der Waals surface area contributed by atoms with Gasteiger partial charge in [-0.2, -0.15) is 5.26 Å². The van der Waals surface area contributed by atoms with Crippen LogP contribution >= 0.6 is 0 Å². The number of anilines is 1. The zero-order chi connectivity index (χ0) is 22.6. The summed E-state index contributed by atoms with van der Waals surface area (Å²) in [5, 5.41) is 15.1. The number of nitrogens with one attached hydrogen (secondary N) is 1. The zero-order valence-electron chi connectivity index (χ0n) is 18.1. The predicted octanol–water partition coefficient (Wildman–Crippen LogP) is 4.89. The van der Waals surface area contributed by atoms with E-state index in [2.05, 4.69) is 33.5 Å². The monoisotopic (exact) mass is 433 g/mol. The van der Waals surface area contributed by atoms with Crippen molar-refractivity contribution in [3.63, 3.8) is 0 Å². The van der Waals surface area contributed by atoms with Crippen LogP contribution in [0.15, 0.2) is 79.4 Å². The highest BCUT2D eigenvalue weighted by atomic mass is 16.2. The van der Waals surface area contributed by atoms with Crippen molar-refractivity contribution in [1.82, 2.24) is 14.9 Å². The Morgan fingerprint density at radius 3 is 2.61 bits per heavy atom. The first-order valence-corrected chi connectivity index (χ1v) is 11.1. The van der Waals surface area contributed by atoms with Gasteiger partial charge in [-0.3, -0.25) is 14.8 Å². The van der Waals surface area contributed by atoms with Crippen LogP contribution in [0.1, 0.15) is 28.8 Å². The molecule has 0 saturated carbocycles. The maximum atomic E-state index is 12.7. The van der Waals surface area contributed by atoms with Crippen LogP contribution in [-0.2, 0) is 0 Å². The van der Waals surface area contributed by atoms with Crippen molar-refractivity contribution in [2.75, 3.05) is 18.4 Å². The van der Waals surface area contributed by atoms with Crippen molar-refractivity contribution >= 4 is 22.4 Å². The van der Waals surface area contributed by atoms with Crippen LogP contribution in [0.5, 0.6) is 0 Å². The van der Waals surface area contributed by atoms with Gasteiger partial charge in [-0.05, 0) is 71.8 Å². The van der Waals surface area contributed by atoms with Crippen molar-refractivity contribution < 1.29 is 4.79 Å². The number of carbonyl (C=O) groups excluding carboxylic acids is 1. The van der Waals surface area contributed by atoms with Crippen LogP contribution in [-0.4, -0.2) is 39.9 Å². The third kappa shape index (κ3) is 4.39. The van der Waals surface area contributed by atoms with E-state index in [1.165, 1.54) is 0 Å². The number of nitrogens with zero attached hydrogens (tertiary/aromatic N) is 4. The van der Waals surface area contributed by atoms with Gasteiger partial charge < -0.3 is 10.2 Å². The summed E-state index contributed by atoms with van der Waals surface area (Å²) >= 11 is 0. The molecule has 4 aromatic rings. The number of pyridine rings is 2. The van der Waals surface area contributed by atoms with E-state index in [1.54, 1.807) is 24.7 Å². The maximum Gasteiger partial charge on any atom is 0.255 e. The molecule has 5 rings (SSSR count). The van der Waals surface area contributed by atoms with Gasteiger partial charge in [-0.15, -0.1) is 0 Å². The first-order chi connectivity index (χ1) is 16.2. The summed E-state index contributed by atoms with van der Waals surface area (Å²) < 4.78 is 0. The molecule has 33 heavy (non-hydrogen) atoms. The van der Waals surface area contributed by atoms with Gasteiger partial charge in [0.1, 0.15) is 0 Å². The Hall–Kier alpha value is -4.24. The van der Waals surface area contributed by atoms with Crippen molar-refractivity contribution in [1.29, 1.82) is 5.26 Å². The predicted molar refractivity (Wildman–Crippen MR) is 129 cm³/mol. The molecule has 1 amide bonds. The van der Waals surface area contributed by atoms with E-state index < -0.39 is 0 Å². The van der Waals surface area contributed by atoms with E-state index in [1.807, 2.05) is 47.5 Å². The summed E-state index contributed by atoms with van der Waals surface area (Å²) in [4.78, 5) is 23.0. The second-order valence-electron chi connectivity index (χ2n) is 8.27. The fraction of sp³-hybridized carbons (Fsp3) is 0.185. The van der Waals surface area contributed by atoms with Crippen LogP contribution in [0.2, 0.25) is 0 Å². The van der Waals surface area contributed by atoms with Gasteiger partial charge in [0.05, 0.1) is 17.2 Å². The molecule has 1 saturated heterocycles. The molecule has 2 aromatic heterocycles. The van der Waals surface area contributed by atoms with E-state index >= 15 is 0 Å². The van der Waals surface area contributed by atoms with Crippen LogP contribution in [0.4, 0.5) is 5.69 Å². The van der Waals surface area contributed by atoms with Gasteiger partial charge >= 0.3 is 0 Å². The lowest BCUT2D eigenvalue weighted by Crippen LogP contribution is -2.42. The first-order valence-electron chi connectivity index (χ1n) is 11.1. The minimum absolute atomic E-state index is 0.0376. The lowest BCUT2D eigenvalue weighted by molar-refractivity contribution is 0.0718. The van der Waals surface area contributed by atoms with Crippen molar-refractivity contribution in [3.8, 4) is 17.2 Å². The standard InChI is InChI=1S/C27H23N5O/c28-16-19-3-1-4-20(13-19)23-14-21-6-10-30-18-25(21)26(15-23)31-24-7-11-32(12-8-24)27(33)22-5-2-9-29-17-22/h1-6,9-10,13-15,17-18,24,31H,7-8,11-12H2. The number of fused-ring (bicyclic) bond motifs is 1. The Balaban J connectivity index is 1.37. The average Bonchev–Trinajstić information content (AvgIpc) is 2.89. The second kappa shape index (κ2) is 9.09. The minimum atomic E-state index is 0.0376. The van der Waals surface area contributed by atoms with E-state index in [0.717, 1.165) is 40.4 Å². The highest BCUT2D eigenvalue weighted by Gasteiger charge is 2.24. The molecule has 162 valence electrons. The van der Waals surface area contributed by atoms with Crippen molar-refractivity contribution in [2.45, 2.75) is 18.9 Å². The SMILES string of the molecule is N#Cc1cccc(-c2cc(NC3CCN(C(=O)c4cccnc4)CC3)c3cnccc3c2)c1. The van der Waals surface area contributed by atoms with Gasteiger partial charge in [0.15, 0.2) is 0 Å². The summed E-state index contributed by atoms with van der Waals surface area (Å²) in [6.45, 7) is 1.40. The van der Waals surface area contributed by atoms with Crippen LogP contribution in [0, 0.1) is 11.3 Å². The number of piperidine rings is 1. The Bertz CT molecular complexity index is 1340. The Labute approximate surface area is 192 Å². The molecular weight excluding hydrogens is 410 g/mol. The fourth-order valence-electron chi connectivity index (χ4n) is 4.37. The number of amides is 1. The molecular formula is C27H23N5O. The zero-order valence-corrected chi connectivity index (χ0v) is 18.1. The Morgan fingerprint density at radius 1 is 0.970 bits per heavy atom. The Kier molecular flexibility index (Phi) is 5.69. The number of rotatable bonds is 4. The highest BCUT2D eigenvalue weighted by molar-refractivity contribution is 5.97. The Morgan fingerprint density at radius 2 is 1.82 bits per heavy atom. The number of benzene rings is 2. The molecule has 1 fully saturated rings. The van der Waals surface area contributed by atoms with Crippen LogP contribution in [0.3, 0.4) is 0 Å². The molecule has 0 aliphatic carbocycles. The highest BCUT2D eigenvalue weighted by Crippen LogP contribution is 2.32. The first kappa shape index (κ1) is 20.7. The summed E-state index contributed by atoms with van der Waals surface area (Å²) in [7, 11) is 0. The van der Waals surface area contributed by atoms with Crippen LogP contribution < -0.4 is 5.32 Å². The topological polar surface area (TPSA) is 81.9 Å². The molecule has 1 aliphatic heterocycles. The van der Waals surface area contributed by atoms with Gasteiger partial charge in [-0.1, -0.05) is 12.1 Å². The molecule has 3 heterocycles. The van der Waals surface area contributed by atoms with Gasteiger partial charge in [0, 0.05) is 55.0 Å². The number of nitriles is 1. The van der Waals surface area contributed by atoms with Crippen LogP contribution in [0.25, 0.3) is 21.9 Å². The lowest BCUT2D eigenvalue weighted by atomic mass is 9.98. The number of carbonyl (C=O) groups is 1. The quantitative estimate of drug-likeness (QED) is 0.496. The molecule has 0 atom stereocenters. The van der Waals surface area contributed by atoms with Crippen molar-refractivity contribution in [3.05, 3.63) is 90.5 Å². The molecule has 0 radical (unpaired) electrons. The molecule has 1 N–H and O–H groups in total. The van der Waals surface area contributed by atoms with E-state index in [4.69, 9.17) is 0 Å². The van der Waals surface area contributed by atoms with Gasteiger partial charge in [0.2, 0.25) is 0 Å². The normalized spacial score (nSPS) is 14.1. The second-order valence-corrected chi connectivity index (χ2v) is 8.27. The molecule has 0 bridgehead atoms. The van der Waals surface area contributed by atoms with E-state index in [9.17, 15) is 10.1 Å². The molecule has 0 spiro atoms. The minimum Gasteiger partial charge on any atom is -0.382 e. The average molecular weight is 434 g/mol. The third-order valence-corrected chi connectivity index (χ3v) is 6.13. The number of hydrogen-bond donors (Lipinski definition) is 1. The summed E-state index contributed by atoms with van der Waals surface area (Å²) in [6.07, 6.45) is 8.71. The van der Waals surface area contributed by atoms with E-state index in [0.29, 0.717) is 24.2 Å². The number of likely N-dealkylation sites (tertiary alicyclic amines) is 1. The smallest absolute Gasteiger partial charge is 0.255 e. The summed E-state index contributed by atoms with van der Waals surface area (Å²) in [6, 6.07) is 20.0. The largest absolute Gasteiger partial charge is 0.382 e. The maximum absolute atomic E-state index is 12.7.